The summed E-state index contributed by atoms with van der Waals surface area (Å²) in [5.74, 6) is 9.45. The van der Waals surface area contributed by atoms with Crippen LogP contribution < -0.4 is 0 Å². The van der Waals surface area contributed by atoms with Crippen molar-refractivity contribution < 1.29 is 19.1 Å². The van der Waals surface area contributed by atoms with Crippen molar-refractivity contribution >= 4 is 11.9 Å². The highest BCUT2D eigenvalue weighted by molar-refractivity contribution is 5.68. The van der Waals surface area contributed by atoms with Gasteiger partial charge in [0.2, 0.25) is 6.10 Å². The Bertz CT molecular complexity index is 547. The molecule has 0 aromatic carbocycles. The summed E-state index contributed by atoms with van der Waals surface area (Å²) in [7, 11) is 0. The topological polar surface area (TPSA) is 52.6 Å². The van der Waals surface area contributed by atoms with Gasteiger partial charge in [0.05, 0.1) is 0 Å². The van der Waals surface area contributed by atoms with Gasteiger partial charge in [-0.25, -0.2) is 0 Å². The number of carbonyl (C=O) groups excluding carboxylic acids is 2. The van der Waals surface area contributed by atoms with Gasteiger partial charge in [-0.15, -0.1) is 0 Å². The second-order valence-corrected chi connectivity index (χ2v) is 3.76. The maximum atomic E-state index is 11.1. The number of hydrogen-bond acceptors (Lipinski definition) is 4. The number of hydrogen-bond donors (Lipinski definition) is 0. The average molecular weight is 286 g/mol. The van der Waals surface area contributed by atoms with Crippen LogP contribution >= 0.6 is 0 Å². The van der Waals surface area contributed by atoms with Crippen molar-refractivity contribution in [1.82, 2.24) is 0 Å². The lowest BCUT2D eigenvalue weighted by Gasteiger charge is -2.19. The van der Waals surface area contributed by atoms with Crippen LogP contribution in [0.1, 0.15) is 20.8 Å². The van der Waals surface area contributed by atoms with Crippen LogP contribution in [0.15, 0.2) is 37.0 Å². The molecule has 0 aliphatic heterocycles. The van der Waals surface area contributed by atoms with E-state index in [1.54, 1.807) is 18.2 Å². The summed E-state index contributed by atoms with van der Waals surface area (Å²) in [4.78, 5) is 22.2. The fraction of sp³-hybridized carbons (Fsp3) is 0.294. The Morgan fingerprint density at radius 3 is 2.33 bits per heavy atom. The minimum atomic E-state index is -0.928. The van der Waals surface area contributed by atoms with Gasteiger partial charge in [-0.3, -0.25) is 9.59 Å². The molecule has 0 unspecified atom stereocenters. The highest BCUT2D eigenvalue weighted by Gasteiger charge is 2.22. The Labute approximate surface area is 125 Å². The number of ether oxygens (including phenoxy) is 2. The van der Waals surface area contributed by atoms with E-state index in [0.29, 0.717) is 0 Å². The molecule has 21 heavy (non-hydrogen) atoms. The third-order valence-corrected chi connectivity index (χ3v) is 1.93. The molecule has 0 amide bonds. The number of esters is 2. The molecule has 0 N–H and O–H groups in total. The predicted molar refractivity (Wildman–Crippen MR) is 80.8 cm³/mol. The molecule has 0 spiro atoms. The molecular weight excluding hydrogens is 268 g/mol. The predicted octanol–water partition coefficient (Wildman–Crippen LogP) is 2.17. The van der Waals surface area contributed by atoms with Gasteiger partial charge in [0.1, 0.15) is 0 Å². The van der Waals surface area contributed by atoms with Gasteiger partial charge >= 0.3 is 11.9 Å². The zero-order chi connectivity index (χ0) is 16.1. The largest absolute Gasteiger partial charge is 0.453 e. The Morgan fingerprint density at radius 2 is 1.81 bits per heavy atom. The molecule has 4 heteroatoms. The van der Waals surface area contributed by atoms with Crippen LogP contribution in [-0.4, -0.2) is 24.1 Å². The molecule has 110 valence electrons. The van der Waals surface area contributed by atoms with Crippen LogP contribution in [-0.2, 0) is 19.1 Å². The Kier molecular flexibility index (Phi) is 9.69. The minimum absolute atomic E-state index is 0.507. The van der Waals surface area contributed by atoms with E-state index in [1.807, 2.05) is 6.92 Å². The zero-order valence-electron chi connectivity index (χ0n) is 12.4. The lowest BCUT2D eigenvalue weighted by molar-refractivity contribution is -0.157. The summed E-state index contributed by atoms with van der Waals surface area (Å²) in [5, 5.41) is 0. The molecule has 4 nitrogen and oxygen atoms in total. The molecule has 0 saturated heterocycles. The third-order valence-electron chi connectivity index (χ3n) is 1.93. The van der Waals surface area contributed by atoms with Crippen molar-refractivity contribution in [2.75, 3.05) is 0 Å². The van der Waals surface area contributed by atoms with Gasteiger partial charge in [-0.1, -0.05) is 30.7 Å². The first-order valence-electron chi connectivity index (χ1n) is 6.27. The quantitative estimate of drug-likeness (QED) is 0.441. The van der Waals surface area contributed by atoms with Crippen LogP contribution in [0.5, 0.6) is 0 Å². The standard InChI is InChI=1S/C17H18O4/c1-5-7-9-10-11-13-17(21-15(4)19)16(12-8-6-2)20-14(3)18/h5-8,12,16-17H,2H2,1,3-4H3/b7-5+,12-8-/t16-,17+/m1/s1. The maximum absolute atomic E-state index is 11.1. The van der Waals surface area contributed by atoms with Gasteiger partial charge < -0.3 is 9.47 Å². The summed E-state index contributed by atoms with van der Waals surface area (Å²) >= 11 is 0. The summed E-state index contributed by atoms with van der Waals surface area (Å²) in [5.41, 5.74) is 0. The average Bonchev–Trinajstić information content (AvgIpc) is 2.41. The van der Waals surface area contributed by atoms with E-state index in [-0.39, 0.29) is 0 Å². The highest BCUT2D eigenvalue weighted by atomic mass is 16.6. The summed E-state index contributed by atoms with van der Waals surface area (Å²) in [6, 6.07) is 0. The van der Waals surface area contributed by atoms with Gasteiger partial charge in [0.15, 0.2) is 6.10 Å². The van der Waals surface area contributed by atoms with E-state index >= 15 is 0 Å². The van der Waals surface area contributed by atoms with E-state index in [9.17, 15) is 9.59 Å². The first kappa shape index (κ1) is 18.3. The Hall–Kier alpha value is -2.72. The van der Waals surface area contributed by atoms with E-state index in [0.717, 1.165) is 0 Å². The van der Waals surface area contributed by atoms with E-state index in [1.165, 1.54) is 26.0 Å². The monoisotopic (exact) mass is 286 g/mol. The number of carbonyl (C=O) groups is 2. The molecule has 0 fully saturated rings. The van der Waals surface area contributed by atoms with Crippen LogP contribution in [0.4, 0.5) is 0 Å². The second kappa shape index (κ2) is 11.1. The van der Waals surface area contributed by atoms with E-state index in [2.05, 4.69) is 30.3 Å². The first-order chi connectivity index (χ1) is 10.0. The van der Waals surface area contributed by atoms with Crippen molar-refractivity contribution in [3.8, 4) is 23.7 Å². The first-order valence-corrected chi connectivity index (χ1v) is 6.27. The smallest absolute Gasteiger partial charge is 0.304 e. The zero-order valence-corrected chi connectivity index (χ0v) is 12.4. The van der Waals surface area contributed by atoms with Gasteiger partial charge in [0, 0.05) is 13.8 Å². The lowest BCUT2D eigenvalue weighted by Crippen LogP contribution is -2.31. The fourth-order valence-corrected chi connectivity index (χ4v) is 1.21. The van der Waals surface area contributed by atoms with Gasteiger partial charge in [-0.2, -0.15) is 0 Å². The maximum Gasteiger partial charge on any atom is 0.304 e. The minimum Gasteiger partial charge on any atom is -0.453 e. The van der Waals surface area contributed by atoms with Crippen molar-refractivity contribution in [3.05, 3.63) is 37.0 Å². The van der Waals surface area contributed by atoms with Gasteiger partial charge in [0.25, 0.3) is 0 Å². The summed E-state index contributed by atoms with van der Waals surface area (Å²) in [6.07, 6.45) is 6.29. The molecule has 0 aromatic rings. The molecule has 2 atom stereocenters. The SMILES string of the molecule is C=C/C=C\[C@@H](OC(C)=O)[C@H](C#CC#C/C=C/C)OC(C)=O. The van der Waals surface area contributed by atoms with Crippen molar-refractivity contribution in [2.45, 2.75) is 33.0 Å². The summed E-state index contributed by atoms with van der Waals surface area (Å²) in [6.45, 7) is 7.88. The third kappa shape index (κ3) is 9.81. The summed E-state index contributed by atoms with van der Waals surface area (Å²) < 4.78 is 10.1. The van der Waals surface area contributed by atoms with Crippen LogP contribution in [0, 0.1) is 23.7 Å². The number of allylic oxidation sites excluding steroid dienone is 4. The van der Waals surface area contributed by atoms with Crippen LogP contribution in [0.25, 0.3) is 0 Å². The molecule has 0 saturated carbocycles. The van der Waals surface area contributed by atoms with Crippen molar-refractivity contribution in [3.63, 3.8) is 0 Å². The van der Waals surface area contributed by atoms with Crippen molar-refractivity contribution in [2.24, 2.45) is 0 Å². The fourth-order valence-electron chi connectivity index (χ4n) is 1.21. The molecule has 0 radical (unpaired) electrons. The molecule has 0 bridgehead atoms. The molecule has 0 aliphatic carbocycles. The lowest BCUT2D eigenvalue weighted by atomic mass is 10.2. The molecule has 0 aromatic heterocycles. The van der Waals surface area contributed by atoms with E-state index < -0.39 is 24.1 Å². The van der Waals surface area contributed by atoms with Crippen LogP contribution in [0.2, 0.25) is 0 Å². The Morgan fingerprint density at radius 1 is 1.14 bits per heavy atom. The highest BCUT2D eigenvalue weighted by Crippen LogP contribution is 2.07. The molecule has 0 heterocycles. The molecule has 0 rings (SSSR count). The van der Waals surface area contributed by atoms with Crippen molar-refractivity contribution in [1.29, 1.82) is 0 Å². The second-order valence-electron chi connectivity index (χ2n) is 3.76. The Balaban J connectivity index is 5.25. The molecule has 0 aliphatic rings. The van der Waals surface area contributed by atoms with E-state index in [4.69, 9.17) is 9.47 Å². The normalized spacial score (nSPS) is 12.5. The molecular formula is C17H18O4. The van der Waals surface area contributed by atoms with Crippen LogP contribution in [0.3, 0.4) is 0 Å². The van der Waals surface area contributed by atoms with Gasteiger partial charge in [-0.05, 0) is 36.8 Å². The number of rotatable bonds is 5.